The minimum absolute atomic E-state index is 0.141. The van der Waals surface area contributed by atoms with E-state index in [2.05, 4.69) is 0 Å². The van der Waals surface area contributed by atoms with E-state index in [0.29, 0.717) is 13.0 Å². The van der Waals surface area contributed by atoms with Crippen molar-refractivity contribution in [3.05, 3.63) is 23.3 Å². The SMILES string of the molecule is NCCCCc1ccc(C(F)(F)F)c2c1OCCO2. The highest BCUT2D eigenvalue weighted by Gasteiger charge is 2.37. The Bertz CT molecular complexity index is 446. The fraction of sp³-hybridized carbons (Fsp3) is 0.538. The average Bonchev–Trinajstić information content (AvgIpc) is 2.37. The number of rotatable bonds is 4. The van der Waals surface area contributed by atoms with Gasteiger partial charge in [0.25, 0.3) is 0 Å². The van der Waals surface area contributed by atoms with E-state index in [9.17, 15) is 13.2 Å². The van der Waals surface area contributed by atoms with Gasteiger partial charge in [0.2, 0.25) is 0 Å². The minimum atomic E-state index is -4.43. The first kappa shape index (κ1) is 14.0. The van der Waals surface area contributed by atoms with Crippen LogP contribution in [0.2, 0.25) is 0 Å². The maximum atomic E-state index is 12.9. The Labute approximate surface area is 109 Å². The number of fused-ring (bicyclic) bond motifs is 1. The van der Waals surface area contributed by atoms with Gasteiger partial charge in [0.15, 0.2) is 11.5 Å². The molecule has 0 radical (unpaired) electrons. The summed E-state index contributed by atoms with van der Waals surface area (Å²) in [6.45, 7) is 0.987. The smallest absolute Gasteiger partial charge is 0.420 e. The van der Waals surface area contributed by atoms with Gasteiger partial charge < -0.3 is 15.2 Å². The molecule has 0 fully saturated rings. The maximum Gasteiger partial charge on any atom is 0.420 e. The van der Waals surface area contributed by atoms with Crippen LogP contribution in [0.15, 0.2) is 12.1 Å². The van der Waals surface area contributed by atoms with Gasteiger partial charge in [-0.25, -0.2) is 0 Å². The molecule has 1 aliphatic rings. The highest BCUT2D eigenvalue weighted by atomic mass is 19.4. The van der Waals surface area contributed by atoms with Crippen molar-refractivity contribution in [2.75, 3.05) is 19.8 Å². The normalized spacial score (nSPS) is 14.5. The molecule has 6 heteroatoms. The molecule has 0 saturated heterocycles. The van der Waals surface area contributed by atoms with Crippen LogP contribution in [0.1, 0.15) is 24.0 Å². The number of benzene rings is 1. The van der Waals surface area contributed by atoms with Crippen LogP contribution >= 0.6 is 0 Å². The van der Waals surface area contributed by atoms with Gasteiger partial charge in [0, 0.05) is 0 Å². The van der Waals surface area contributed by atoms with Gasteiger partial charge in [-0.2, -0.15) is 13.2 Å². The number of alkyl halides is 3. The molecule has 1 heterocycles. The summed E-state index contributed by atoms with van der Waals surface area (Å²) in [5, 5.41) is 0. The summed E-state index contributed by atoms with van der Waals surface area (Å²) in [6, 6.07) is 2.53. The number of aryl methyl sites for hydroxylation is 1. The molecule has 0 aromatic heterocycles. The summed E-state index contributed by atoms with van der Waals surface area (Å²) < 4.78 is 49.1. The van der Waals surface area contributed by atoms with Gasteiger partial charge in [-0.3, -0.25) is 0 Å². The molecule has 0 atom stereocenters. The van der Waals surface area contributed by atoms with Gasteiger partial charge in [0.05, 0.1) is 0 Å². The Morgan fingerprint density at radius 2 is 1.74 bits per heavy atom. The summed E-state index contributed by atoms with van der Waals surface area (Å²) in [5.74, 6) is 0.0575. The van der Waals surface area contributed by atoms with Crippen LogP contribution in [0.3, 0.4) is 0 Å². The predicted molar refractivity (Wildman–Crippen MR) is 64.4 cm³/mol. The molecule has 2 N–H and O–H groups in total. The molecule has 3 nitrogen and oxygen atoms in total. The standard InChI is InChI=1S/C13H16F3NO2/c14-13(15,16)10-5-4-9(3-1-2-6-17)11-12(10)19-8-7-18-11/h4-5H,1-3,6-8,17H2. The van der Waals surface area contributed by atoms with Crippen molar-refractivity contribution in [3.63, 3.8) is 0 Å². The van der Waals surface area contributed by atoms with Crippen molar-refractivity contribution < 1.29 is 22.6 Å². The molecule has 0 amide bonds. The van der Waals surface area contributed by atoms with Crippen molar-refractivity contribution in [2.45, 2.75) is 25.4 Å². The molecule has 1 aromatic carbocycles. The Kier molecular flexibility index (Phi) is 4.19. The Morgan fingerprint density at radius 3 is 2.37 bits per heavy atom. The van der Waals surface area contributed by atoms with Gasteiger partial charge in [-0.15, -0.1) is 0 Å². The second-order valence-corrected chi connectivity index (χ2v) is 4.37. The molecular weight excluding hydrogens is 259 g/mol. The van der Waals surface area contributed by atoms with Crippen LogP contribution < -0.4 is 15.2 Å². The third kappa shape index (κ3) is 3.12. The van der Waals surface area contributed by atoms with Gasteiger partial charge in [0.1, 0.15) is 18.8 Å². The van der Waals surface area contributed by atoms with E-state index in [4.69, 9.17) is 15.2 Å². The van der Waals surface area contributed by atoms with Crippen LogP contribution in [0.5, 0.6) is 11.5 Å². The molecule has 0 bridgehead atoms. The lowest BCUT2D eigenvalue weighted by Gasteiger charge is -2.24. The van der Waals surface area contributed by atoms with Crippen LogP contribution in [0.25, 0.3) is 0 Å². The minimum Gasteiger partial charge on any atom is -0.486 e. The van der Waals surface area contributed by atoms with Gasteiger partial charge in [-0.05, 0) is 37.4 Å². The summed E-state index contributed by atoms with van der Waals surface area (Å²) in [6.07, 6.45) is -2.14. The van der Waals surface area contributed by atoms with Crippen LogP contribution in [0, 0.1) is 0 Å². The van der Waals surface area contributed by atoms with Gasteiger partial charge >= 0.3 is 6.18 Å². The molecule has 19 heavy (non-hydrogen) atoms. The van der Waals surface area contributed by atoms with Crippen molar-refractivity contribution in [1.82, 2.24) is 0 Å². The van der Waals surface area contributed by atoms with E-state index < -0.39 is 11.7 Å². The van der Waals surface area contributed by atoms with E-state index >= 15 is 0 Å². The van der Waals surface area contributed by atoms with E-state index in [1.54, 1.807) is 0 Å². The van der Waals surface area contributed by atoms with E-state index in [-0.39, 0.29) is 24.7 Å². The number of unbranched alkanes of at least 4 members (excludes halogenated alkanes) is 1. The fourth-order valence-electron chi connectivity index (χ4n) is 2.07. The number of hydrogen-bond donors (Lipinski definition) is 1. The summed E-state index contributed by atoms with van der Waals surface area (Å²) in [7, 11) is 0. The zero-order chi connectivity index (χ0) is 13.9. The average molecular weight is 275 g/mol. The number of hydrogen-bond acceptors (Lipinski definition) is 3. The zero-order valence-corrected chi connectivity index (χ0v) is 10.4. The fourth-order valence-corrected chi connectivity index (χ4v) is 2.07. The van der Waals surface area contributed by atoms with Crippen molar-refractivity contribution in [2.24, 2.45) is 5.73 Å². The number of nitrogens with two attached hydrogens (primary N) is 1. The zero-order valence-electron chi connectivity index (χ0n) is 10.4. The van der Waals surface area contributed by atoms with Crippen LogP contribution in [-0.2, 0) is 12.6 Å². The topological polar surface area (TPSA) is 44.5 Å². The Hall–Kier alpha value is -1.43. The van der Waals surface area contributed by atoms with Crippen molar-refractivity contribution >= 4 is 0 Å². The maximum absolute atomic E-state index is 12.9. The molecule has 1 aliphatic heterocycles. The van der Waals surface area contributed by atoms with Gasteiger partial charge in [-0.1, -0.05) is 6.07 Å². The molecule has 1 aromatic rings. The lowest BCUT2D eigenvalue weighted by Crippen LogP contribution is -2.20. The summed E-state index contributed by atoms with van der Waals surface area (Å²) in [4.78, 5) is 0. The summed E-state index contributed by atoms with van der Waals surface area (Å²) in [5.41, 5.74) is 5.38. The monoisotopic (exact) mass is 275 g/mol. The van der Waals surface area contributed by atoms with E-state index in [1.165, 1.54) is 6.07 Å². The van der Waals surface area contributed by atoms with Crippen molar-refractivity contribution in [1.29, 1.82) is 0 Å². The van der Waals surface area contributed by atoms with Crippen molar-refractivity contribution in [3.8, 4) is 11.5 Å². The van der Waals surface area contributed by atoms with E-state index in [0.717, 1.165) is 24.5 Å². The quantitative estimate of drug-likeness (QED) is 0.859. The molecule has 106 valence electrons. The molecule has 0 aliphatic carbocycles. The third-order valence-electron chi connectivity index (χ3n) is 2.98. The lowest BCUT2D eigenvalue weighted by molar-refractivity contribution is -0.139. The molecule has 0 spiro atoms. The third-order valence-corrected chi connectivity index (χ3v) is 2.98. The van der Waals surface area contributed by atoms with E-state index in [1.807, 2.05) is 0 Å². The predicted octanol–water partition coefficient (Wildman–Crippen LogP) is 2.76. The summed E-state index contributed by atoms with van der Waals surface area (Å²) >= 11 is 0. The second-order valence-electron chi connectivity index (χ2n) is 4.37. The first-order valence-electron chi connectivity index (χ1n) is 6.23. The molecule has 2 rings (SSSR count). The molecule has 0 unspecified atom stereocenters. The Morgan fingerprint density at radius 1 is 1.05 bits per heavy atom. The largest absolute Gasteiger partial charge is 0.486 e. The lowest BCUT2D eigenvalue weighted by atomic mass is 10.0. The molecule has 0 saturated carbocycles. The first-order chi connectivity index (χ1) is 9.04. The highest BCUT2D eigenvalue weighted by Crippen LogP contribution is 2.45. The highest BCUT2D eigenvalue weighted by molar-refractivity contribution is 5.53. The number of halogens is 3. The number of ether oxygens (including phenoxy) is 2. The Balaban J connectivity index is 2.32. The molecular formula is C13H16F3NO2. The second kappa shape index (κ2) is 5.69. The first-order valence-corrected chi connectivity index (χ1v) is 6.23. The van der Waals surface area contributed by atoms with Crippen LogP contribution in [0.4, 0.5) is 13.2 Å². The van der Waals surface area contributed by atoms with Crippen LogP contribution in [-0.4, -0.2) is 19.8 Å².